The summed E-state index contributed by atoms with van der Waals surface area (Å²) in [5, 5.41) is 12.3. The Kier molecular flexibility index (Phi) is 7.77. The van der Waals surface area contributed by atoms with Crippen LogP contribution in [0.15, 0.2) is 24.3 Å². The normalized spacial score (nSPS) is 12.6. The molecule has 4 heteroatoms. The van der Waals surface area contributed by atoms with Crippen molar-refractivity contribution in [2.24, 2.45) is 0 Å². The van der Waals surface area contributed by atoms with Gasteiger partial charge in [-0.3, -0.25) is 0 Å². The van der Waals surface area contributed by atoms with Crippen LogP contribution in [0.5, 0.6) is 11.5 Å². The highest BCUT2D eigenvalue weighted by atomic mass is 16.5. The number of aliphatic hydroxyl groups is 1. The fraction of sp³-hybridized carbons (Fsp3) is 0.500. The van der Waals surface area contributed by atoms with Gasteiger partial charge in [-0.25, -0.2) is 0 Å². The van der Waals surface area contributed by atoms with E-state index >= 15 is 0 Å². The predicted molar refractivity (Wildman–Crippen MR) is 82.4 cm³/mol. The van der Waals surface area contributed by atoms with Crippen LogP contribution in [0.25, 0.3) is 6.08 Å². The number of hydrogen-bond acceptors (Lipinski definition) is 4. The van der Waals surface area contributed by atoms with Crippen LogP contribution in [0, 0.1) is 0 Å². The van der Waals surface area contributed by atoms with Crippen LogP contribution in [-0.4, -0.2) is 38.0 Å². The second-order valence-electron chi connectivity index (χ2n) is 4.67. The van der Waals surface area contributed by atoms with Gasteiger partial charge in [0.1, 0.15) is 0 Å². The van der Waals surface area contributed by atoms with Crippen molar-refractivity contribution < 1.29 is 14.6 Å². The molecule has 0 saturated heterocycles. The van der Waals surface area contributed by atoms with E-state index in [9.17, 15) is 0 Å². The van der Waals surface area contributed by atoms with Gasteiger partial charge in [0.15, 0.2) is 11.5 Å². The van der Waals surface area contributed by atoms with Crippen molar-refractivity contribution >= 4 is 6.08 Å². The molecule has 0 radical (unpaired) electrons. The summed E-state index contributed by atoms with van der Waals surface area (Å²) in [6.45, 7) is 5.80. The summed E-state index contributed by atoms with van der Waals surface area (Å²) in [5.41, 5.74) is 1.09. The van der Waals surface area contributed by atoms with Gasteiger partial charge in [0.2, 0.25) is 0 Å². The van der Waals surface area contributed by atoms with E-state index in [-0.39, 0.29) is 6.10 Å². The molecule has 0 bridgehead atoms. The van der Waals surface area contributed by atoms with E-state index in [0.717, 1.165) is 30.0 Å². The molecule has 0 fully saturated rings. The molecule has 1 aromatic rings. The van der Waals surface area contributed by atoms with Gasteiger partial charge in [-0.15, -0.1) is 0 Å². The average Bonchev–Trinajstić information content (AvgIpc) is 2.43. The molecule has 0 heterocycles. The van der Waals surface area contributed by atoms with Crippen LogP contribution >= 0.6 is 0 Å². The molecule has 1 rings (SSSR count). The number of benzene rings is 1. The summed E-state index contributed by atoms with van der Waals surface area (Å²) in [6.07, 6.45) is 4.58. The lowest BCUT2D eigenvalue weighted by Crippen LogP contribution is -2.26. The second kappa shape index (κ2) is 9.39. The monoisotopic (exact) mass is 279 g/mol. The highest BCUT2D eigenvalue weighted by Crippen LogP contribution is 2.28. The summed E-state index contributed by atoms with van der Waals surface area (Å²) in [4.78, 5) is 0. The van der Waals surface area contributed by atoms with Crippen LogP contribution in [-0.2, 0) is 0 Å². The minimum atomic E-state index is -0.310. The molecule has 0 saturated carbocycles. The number of rotatable bonds is 9. The van der Waals surface area contributed by atoms with E-state index in [1.54, 1.807) is 14.0 Å². The predicted octanol–water partition coefficient (Wildman–Crippen LogP) is 2.47. The lowest BCUT2D eigenvalue weighted by molar-refractivity contribution is 0.190. The Labute approximate surface area is 121 Å². The van der Waals surface area contributed by atoms with Gasteiger partial charge in [-0.05, 0) is 44.5 Å². The molecule has 0 aromatic heterocycles. The summed E-state index contributed by atoms with van der Waals surface area (Å²) in [6, 6.07) is 5.89. The first-order valence-electron chi connectivity index (χ1n) is 6.99. The maximum atomic E-state index is 9.11. The molecule has 0 aliphatic heterocycles. The lowest BCUT2D eigenvalue weighted by atomic mass is 10.2. The van der Waals surface area contributed by atoms with Crippen molar-refractivity contribution in [3.63, 3.8) is 0 Å². The van der Waals surface area contributed by atoms with Crippen molar-refractivity contribution in [1.29, 1.82) is 0 Å². The van der Waals surface area contributed by atoms with E-state index in [2.05, 4.69) is 5.32 Å². The van der Waals surface area contributed by atoms with Gasteiger partial charge < -0.3 is 19.9 Å². The molecule has 0 amide bonds. The van der Waals surface area contributed by atoms with Crippen molar-refractivity contribution in [3.8, 4) is 11.5 Å². The van der Waals surface area contributed by atoms with E-state index in [4.69, 9.17) is 14.6 Å². The Balaban J connectivity index is 2.39. The molecule has 112 valence electrons. The molecule has 0 spiro atoms. The zero-order valence-electron chi connectivity index (χ0n) is 12.6. The number of methoxy groups -OCH3 is 1. The summed E-state index contributed by atoms with van der Waals surface area (Å²) in [5.74, 6) is 1.51. The third-order valence-corrected chi connectivity index (χ3v) is 2.74. The summed E-state index contributed by atoms with van der Waals surface area (Å²) in [7, 11) is 1.64. The number of aliphatic hydroxyl groups excluding tert-OH is 1. The van der Waals surface area contributed by atoms with Gasteiger partial charge in [0, 0.05) is 6.54 Å². The minimum absolute atomic E-state index is 0.310. The molecule has 1 atom stereocenters. The van der Waals surface area contributed by atoms with Crippen LogP contribution in [0.4, 0.5) is 0 Å². The first kappa shape index (κ1) is 16.5. The molecule has 2 N–H and O–H groups in total. The minimum Gasteiger partial charge on any atom is -0.493 e. The standard InChI is InChI=1S/C16H25NO3/c1-4-6-14-7-8-15(16(11-14)19-3)20-10-5-9-17-12-13(2)18/h4,6-8,11,13,17-18H,5,9-10,12H2,1-3H3/t13-/m0/s1. The Morgan fingerprint density at radius 1 is 1.35 bits per heavy atom. The van der Waals surface area contributed by atoms with Gasteiger partial charge in [-0.1, -0.05) is 18.2 Å². The van der Waals surface area contributed by atoms with Gasteiger partial charge in [-0.2, -0.15) is 0 Å². The molecule has 0 aliphatic rings. The Morgan fingerprint density at radius 2 is 2.15 bits per heavy atom. The average molecular weight is 279 g/mol. The van der Waals surface area contributed by atoms with Crippen molar-refractivity contribution in [2.45, 2.75) is 26.4 Å². The molecule has 0 aliphatic carbocycles. The number of ether oxygens (including phenoxy) is 2. The maximum absolute atomic E-state index is 9.11. The third kappa shape index (κ3) is 6.08. The van der Waals surface area contributed by atoms with E-state index in [1.165, 1.54) is 0 Å². The lowest BCUT2D eigenvalue weighted by Gasteiger charge is -2.12. The van der Waals surface area contributed by atoms with E-state index in [1.807, 2.05) is 37.3 Å². The van der Waals surface area contributed by atoms with Crippen molar-refractivity contribution in [3.05, 3.63) is 29.8 Å². The highest BCUT2D eigenvalue weighted by molar-refractivity contribution is 5.55. The van der Waals surface area contributed by atoms with Crippen LogP contribution in [0.1, 0.15) is 25.8 Å². The van der Waals surface area contributed by atoms with Gasteiger partial charge in [0.25, 0.3) is 0 Å². The number of hydrogen-bond donors (Lipinski definition) is 2. The summed E-state index contributed by atoms with van der Waals surface area (Å²) >= 11 is 0. The quantitative estimate of drug-likeness (QED) is 0.682. The number of nitrogens with one attached hydrogen (secondary N) is 1. The first-order valence-corrected chi connectivity index (χ1v) is 6.99. The molecular weight excluding hydrogens is 254 g/mol. The fourth-order valence-corrected chi connectivity index (χ4v) is 1.79. The number of allylic oxidation sites excluding steroid dienone is 1. The maximum Gasteiger partial charge on any atom is 0.161 e. The van der Waals surface area contributed by atoms with Gasteiger partial charge >= 0.3 is 0 Å². The third-order valence-electron chi connectivity index (χ3n) is 2.74. The Bertz CT molecular complexity index is 416. The molecule has 1 aromatic carbocycles. The van der Waals surface area contributed by atoms with Crippen LogP contribution in [0.2, 0.25) is 0 Å². The largest absolute Gasteiger partial charge is 0.493 e. The highest BCUT2D eigenvalue weighted by Gasteiger charge is 2.04. The van der Waals surface area contributed by atoms with E-state index in [0.29, 0.717) is 13.2 Å². The smallest absolute Gasteiger partial charge is 0.161 e. The van der Waals surface area contributed by atoms with Crippen LogP contribution < -0.4 is 14.8 Å². The first-order chi connectivity index (χ1) is 9.67. The zero-order valence-corrected chi connectivity index (χ0v) is 12.6. The van der Waals surface area contributed by atoms with Crippen molar-refractivity contribution in [1.82, 2.24) is 5.32 Å². The molecular formula is C16H25NO3. The van der Waals surface area contributed by atoms with Crippen LogP contribution in [0.3, 0.4) is 0 Å². The zero-order chi connectivity index (χ0) is 14.8. The fourth-order valence-electron chi connectivity index (χ4n) is 1.79. The summed E-state index contributed by atoms with van der Waals surface area (Å²) < 4.78 is 11.1. The molecule has 0 unspecified atom stereocenters. The Hall–Kier alpha value is -1.52. The van der Waals surface area contributed by atoms with Crippen molar-refractivity contribution in [2.75, 3.05) is 26.8 Å². The Morgan fingerprint density at radius 3 is 2.80 bits per heavy atom. The van der Waals surface area contributed by atoms with Gasteiger partial charge in [0.05, 0.1) is 19.8 Å². The molecule has 20 heavy (non-hydrogen) atoms. The topological polar surface area (TPSA) is 50.7 Å². The SMILES string of the molecule is CC=Cc1ccc(OCCCNC[C@H](C)O)c(OC)c1. The molecule has 4 nitrogen and oxygen atoms in total. The second-order valence-corrected chi connectivity index (χ2v) is 4.67. The van der Waals surface area contributed by atoms with E-state index < -0.39 is 0 Å².